The maximum Gasteiger partial charge on any atom is 0.260 e. The summed E-state index contributed by atoms with van der Waals surface area (Å²) < 4.78 is 38.2. The number of hydrogen-bond donors (Lipinski definition) is 3. The summed E-state index contributed by atoms with van der Waals surface area (Å²) in [4.78, 5) is 44.7. The van der Waals surface area contributed by atoms with Gasteiger partial charge in [0.25, 0.3) is 11.8 Å². The van der Waals surface area contributed by atoms with Crippen LogP contribution in [0.4, 0.5) is 17.1 Å². The molecule has 3 aromatic carbocycles. The number of carbonyl (C=O) groups excluding carboxylic acids is 2. The van der Waals surface area contributed by atoms with Crippen molar-refractivity contribution in [2.24, 2.45) is 0 Å². The van der Waals surface area contributed by atoms with E-state index in [4.69, 9.17) is 38.6 Å². The topological polar surface area (TPSA) is 183 Å². The zero-order valence-electron chi connectivity index (χ0n) is 25.7. The number of carbonyl (C=O) groups is 2. The Morgan fingerprint density at radius 2 is 1.22 bits per heavy atom. The summed E-state index contributed by atoms with van der Waals surface area (Å²) in [6.07, 6.45) is 0. The van der Waals surface area contributed by atoms with Gasteiger partial charge in [0.2, 0.25) is 16.9 Å². The number of benzene rings is 4. The molecule has 0 bridgehead atoms. The molecule has 4 N–H and O–H groups in total. The number of nitrogens with zero attached hydrogens (tertiary/aromatic N) is 1. The van der Waals surface area contributed by atoms with Crippen LogP contribution in [0.3, 0.4) is 0 Å². The quantitative estimate of drug-likeness (QED) is 0.146. The Balaban J connectivity index is 1.60. The van der Waals surface area contributed by atoms with E-state index in [1.54, 1.807) is 24.3 Å². The zero-order chi connectivity index (χ0) is 33.1. The fourth-order valence-electron chi connectivity index (χ4n) is 4.89. The average molecular weight is 631 g/mol. The monoisotopic (exact) mass is 630 g/mol. The van der Waals surface area contributed by atoms with Crippen LogP contribution in [0, 0.1) is 0 Å². The largest absolute Gasteiger partial charge is 0.493 e. The van der Waals surface area contributed by atoms with Crippen molar-refractivity contribution in [1.82, 2.24) is 4.98 Å². The van der Waals surface area contributed by atoms with Gasteiger partial charge in [0.15, 0.2) is 34.3 Å². The molecule has 5 rings (SSSR count). The second-order valence-corrected chi connectivity index (χ2v) is 9.61. The van der Waals surface area contributed by atoms with Gasteiger partial charge in [-0.25, -0.2) is 4.98 Å². The van der Waals surface area contributed by atoms with Crippen LogP contribution in [0.25, 0.3) is 22.6 Å². The average Bonchev–Trinajstić information content (AvgIpc) is 3.06. The minimum absolute atomic E-state index is 0.0103. The fraction of sp³-hybridized carbons (Fsp3) is 0.188. The van der Waals surface area contributed by atoms with Gasteiger partial charge in [-0.2, -0.15) is 0 Å². The maximum atomic E-state index is 13.7. The third-order valence-electron chi connectivity index (χ3n) is 7.03. The molecule has 46 heavy (non-hydrogen) atoms. The number of aromatic nitrogens is 1. The van der Waals surface area contributed by atoms with Gasteiger partial charge in [-0.1, -0.05) is 6.07 Å². The van der Waals surface area contributed by atoms with Gasteiger partial charge in [-0.3, -0.25) is 14.4 Å². The van der Waals surface area contributed by atoms with Crippen molar-refractivity contribution < 1.29 is 42.4 Å². The highest BCUT2D eigenvalue weighted by atomic mass is 16.5. The molecular formula is C32H30N4O10. The molecule has 2 aliphatic rings. The van der Waals surface area contributed by atoms with Gasteiger partial charge in [-0.15, -0.1) is 0 Å². The van der Waals surface area contributed by atoms with E-state index in [0.29, 0.717) is 28.7 Å². The number of para-hydroxylation sites is 1. The van der Waals surface area contributed by atoms with E-state index in [1.165, 1.54) is 60.9 Å². The lowest BCUT2D eigenvalue weighted by molar-refractivity contribution is 0.102. The molecule has 0 atom stereocenters. The Morgan fingerprint density at radius 1 is 0.717 bits per heavy atom. The van der Waals surface area contributed by atoms with Gasteiger partial charge in [0.05, 0.1) is 59.5 Å². The standard InChI is InChI=1S/C32H30N4O10/c1-40-21-10-15(11-22(41-2)29(21)44-5)34-31(38)17-8-7-9-19-27(17)36-28-20(46-19)14-18(37)26(33)25(28)32(39)35-16-12-23(42-3)30(45-6)24(13-16)43-4/h7-14H,33H2,1-6H3,(H,34,38)(H,35,39). The van der Waals surface area contributed by atoms with Gasteiger partial charge in [0, 0.05) is 41.7 Å². The predicted molar refractivity (Wildman–Crippen MR) is 169 cm³/mol. The van der Waals surface area contributed by atoms with Gasteiger partial charge >= 0.3 is 0 Å². The van der Waals surface area contributed by atoms with Crippen molar-refractivity contribution in [3.8, 4) is 46.0 Å². The van der Waals surface area contributed by atoms with E-state index < -0.39 is 17.2 Å². The summed E-state index contributed by atoms with van der Waals surface area (Å²) in [6, 6.07) is 12.0. The molecule has 3 aromatic rings. The van der Waals surface area contributed by atoms with Crippen LogP contribution in [-0.4, -0.2) is 59.5 Å². The molecule has 1 heterocycles. The second kappa shape index (κ2) is 12.8. The van der Waals surface area contributed by atoms with Crippen LogP contribution in [0.15, 0.2) is 57.7 Å². The SMILES string of the molecule is COc1cc(NC(=O)c2c3nc4c(C(=O)Nc5cc(OC)c(OC)c(OC)c5)cccc4oc-3cc(=O)c2N)cc(OC)c1OC. The molecule has 238 valence electrons. The van der Waals surface area contributed by atoms with E-state index in [0.717, 1.165) is 6.07 Å². The van der Waals surface area contributed by atoms with Crippen LogP contribution in [0.1, 0.15) is 20.7 Å². The highest BCUT2D eigenvalue weighted by molar-refractivity contribution is 6.14. The van der Waals surface area contributed by atoms with Gasteiger partial charge in [-0.05, 0) is 12.1 Å². The summed E-state index contributed by atoms with van der Waals surface area (Å²) in [5.41, 5.74) is 5.86. The molecule has 0 radical (unpaired) electrons. The summed E-state index contributed by atoms with van der Waals surface area (Å²) in [7, 11) is 8.69. The highest BCUT2D eigenvalue weighted by Gasteiger charge is 2.27. The fourth-order valence-corrected chi connectivity index (χ4v) is 4.89. The molecule has 1 aliphatic carbocycles. The highest BCUT2D eigenvalue weighted by Crippen LogP contribution is 2.41. The van der Waals surface area contributed by atoms with E-state index in [9.17, 15) is 14.4 Å². The number of nitrogen functional groups attached to an aromatic ring is 1. The van der Waals surface area contributed by atoms with E-state index >= 15 is 0 Å². The number of ether oxygens (including phenoxy) is 6. The van der Waals surface area contributed by atoms with Crippen molar-refractivity contribution >= 4 is 40.0 Å². The molecule has 14 nitrogen and oxygen atoms in total. The number of methoxy groups -OCH3 is 6. The first-order chi connectivity index (χ1) is 22.2. The van der Waals surface area contributed by atoms with Crippen molar-refractivity contribution in [1.29, 1.82) is 0 Å². The molecule has 0 spiro atoms. The Labute approximate surface area is 262 Å². The molecule has 2 amide bonds. The van der Waals surface area contributed by atoms with E-state index in [2.05, 4.69) is 15.6 Å². The second-order valence-electron chi connectivity index (χ2n) is 9.61. The van der Waals surface area contributed by atoms with Gasteiger partial charge in [0.1, 0.15) is 11.2 Å². The number of nitrogens with one attached hydrogen (secondary N) is 2. The number of nitrogens with two attached hydrogens (primary N) is 1. The van der Waals surface area contributed by atoms with Crippen molar-refractivity contribution in [3.63, 3.8) is 0 Å². The number of hydrogen-bond acceptors (Lipinski definition) is 12. The Bertz CT molecular complexity index is 1960. The minimum Gasteiger partial charge on any atom is -0.493 e. The summed E-state index contributed by atoms with van der Waals surface area (Å²) in [5.74, 6) is 0.579. The Hall–Kier alpha value is -6.18. The molecule has 0 fully saturated rings. The molecule has 14 heteroatoms. The predicted octanol–water partition coefficient (Wildman–Crippen LogP) is 4.43. The van der Waals surface area contributed by atoms with Gasteiger partial charge < -0.3 is 49.2 Å². The van der Waals surface area contributed by atoms with Crippen LogP contribution < -0.4 is 50.2 Å². The Kier molecular flexibility index (Phi) is 8.71. The van der Waals surface area contributed by atoms with Crippen molar-refractivity contribution in [2.75, 3.05) is 59.0 Å². The number of anilines is 3. The van der Waals surface area contributed by atoms with E-state index in [1.807, 2.05) is 0 Å². The van der Waals surface area contributed by atoms with E-state index in [-0.39, 0.29) is 56.6 Å². The molecule has 0 aromatic heterocycles. The van der Waals surface area contributed by atoms with Crippen LogP contribution in [0.5, 0.6) is 34.5 Å². The first kappa shape index (κ1) is 31.3. The molecule has 0 saturated heterocycles. The normalized spacial score (nSPS) is 10.7. The maximum absolute atomic E-state index is 13.7. The lowest BCUT2D eigenvalue weighted by Gasteiger charge is -2.17. The molecule has 0 saturated carbocycles. The molecule has 0 unspecified atom stereocenters. The molecule has 1 aliphatic heterocycles. The minimum atomic E-state index is -0.768. The summed E-state index contributed by atoms with van der Waals surface area (Å²) >= 11 is 0. The first-order valence-corrected chi connectivity index (χ1v) is 13.6. The Morgan fingerprint density at radius 3 is 1.70 bits per heavy atom. The van der Waals surface area contributed by atoms with Crippen molar-refractivity contribution in [2.45, 2.75) is 0 Å². The molecular weight excluding hydrogens is 600 g/mol. The number of rotatable bonds is 10. The lowest BCUT2D eigenvalue weighted by Crippen LogP contribution is -2.22. The lowest BCUT2D eigenvalue weighted by atomic mass is 10.0. The smallest absolute Gasteiger partial charge is 0.260 e. The zero-order valence-corrected chi connectivity index (χ0v) is 25.7. The summed E-state index contributed by atoms with van der Waals surface area (Å²) in [5, 5.41) is 5.50. The van der Waals surface area contributed by atoms with Crippen LogP contribution in [-0.2, 0) is 0 Å². The summed E-state index contributed by atoms with van der Waals surface area (Å²) in [6.45, 7) is 0. The number of fused-ring (bicyclic) bond motifs is 2. The van der Waals surface area contributed by atoms with Crippen LogP contribution >= 0.6 is 0 Å². The number of amides is 2. The first-order valence-electron chi connectivity index (χ1n) is 13.6. The van der Waals surface area contributed by atoms with Crippen molar-refractivity contribution in [3.05, 3.63) is 69.9 Å². The third-order valence-corrected chi connectivity index (χ3v) is 7.03. The third kappa shape index (κ3) is 5.58. The van der Waals surface area contributed by atoms with Crippen LogP contribution in [0.2, 0.25) is 0 Å².